The number of para-hydroxylation sites is 2. The Labute approximate surface area is 162 Å². The summed E-state index contributed by atoms with van der Waals surface area (Å²) >= 11 is 0. The molecule has 2 aromatic carbocycles. The van der Waals surface area contributed by atoms with Gasteiger partial charge in [-0.05, 0) is 32.2 Å². The molecule has 1 unspecified atom stereocenters. The van der Waals surface area contributed by atoms with E-state index in [1.807, 2.05) is 24.3 Å². The number of benzene rings is 2. The van der Waals surface area contributed by atoms with Gasteiger partial charge in [-0.1, -0.05) is 30.3 Å². The van der Waals surface area contributed by atoms with Gasteiger partial charge in [0.2, 0.25) is 6.73 Å². The third kappa shape index (κ3) is 5.22. The van der Waals surface area contributed by atoms with Crippen molar-refractivity contribution in [2.24, 2.45) is 0 Å². The molecule has 2 aromatic rings. The van der Waals surface area contributed by atoms with Crippen LogP contribution in [-0.2, 0) is 13.1 Å². The van der Waals surface area contributed by atoms with Crippen molar-refractivity contribution >= 4 is 0 Å². The summed E-state index contributed by atoms with van der Waals surface area (Å²) < 4.78 is 7.14. The number of quaternary nitrogens is 1. The lowest BCUT2D eigenvalue weighted by atomic mass is 10.1. The van der Waals surface area contributed by atoms with Crippen molar-refractivity contribution in [1.82, 2.24) is 10.2 Å². The molecule has 1 atom stereocenters. The van der Waals surface area contributed by atoms with Gasteiger partial charge in [0.1, 0.15) is 18.0 Å². The third-order valence-corrected chi connectivity index (χ3v) is 5.51. The molecule has 3 rings (SSSR count). The SMILES string of the molecule is CC[N+]1(Cc2ccccc2O)CCNCCN(C)Cc2ccccc2OC1. The fraction of sp³-hybridized carbons (Fsp3) is 0.455. The highest BCUT2D eigenvalue weighted by molar-refractivity contribution is 5.33. The summed E-state index contributed by atoms with van der Waals surface area (Å²) in [5.74, 6) is 1.33. The molecule has 0 aromatic heterocycles. The Hall–Kier alpha value is -2.08. The molecular weight excluding hydrogens is 338 g/mol. The number of fused-ring (bicyclic) bond motifs is 1. The summed E-state index contributed by atoms with van der Waals surface area (Å²) in [5, 5.41) is 13.8. The highest BCUT2D eigenvalue weighted by Gasteiger charge is 2.28. The molecule has 27 heavy (non-hydrogen) atoms. The summed E-state index contributed by atoms with van der Waals surface area (Å²) in [6.07, 6.45) is 0. The number of ether oxygens (including phenoxy) is 1. The smallest absolute Gasteiger partial charge is 0.224 e. The van der Waals surface area contributed by atoms with E-state index in [0.29, 0.717) is 12.5 Å². The van der Waals surface area contributed by atoms with E-state index < -0.39 is 0 Å². The lowest BCUT2D eigenvalue weighted by Gasteiger charge is -2.38. The van der Waals surface area contributed by atoms with Gasteiger partial charge in [-0.2, -0.15) is 0 Å². The number of hydrogen-bond donors (Lipinski definition) is 2. The molecule has 0 saturated carbocycles. The molecule has 0 saturated heterocycles. The second-order valence-corrected chi connectivity index (χ2v) is 7.54. The Kier molecular flexibility index (Phi) is 6.72. The van der Waals surface area contributed by atoms with E-state index in [-0.39, 0.29) is 0 Å². The number of aromatic hydroxyl groups is 1. The molecule has 1 aliphatic heterocycles. The Balaban J connectivity index is 1.86. The molecule has 0 amide bonds. The van der Waals surface area contributed by atoms with E-state index in [1.54, 1.807) is 6.07 Å². The molecule has 5 nitrogen and oxygen atoms in total. The van der Waals surface area contributed by atoms with Gasteiger partial charge in [0.05, 0.1) is 13.1 Å². The zero-order valence-electron chi connectivity index (χ0n) is 16.5. The molecule has 1 heterocycles. The second kappa shape index (κ2) is 9.22. The van der Waals surface area contributed by atoms with Crippen LogP contribution in [0.25, 0.3) is 0 Å². The number of nitrogens with zero attached hydrogens (tertiary/aromatic N) is 2. The van der Waals surface area contributed by atoms with Crippen molar-refractivity contribution in [2.75, 3.05) is 46.5 Å². The van der Waals surface area contributed by atoms with Crippen LogP contribution >= 0.6 is 0 Å². The normalized spacial score (nSPS) is 22.1. The fourth-order valence-electron chi connectivity index (χ4n) is 3.62. The molecule has 1 aliphatic rings. The summed E-state index contributed by atoms with van der Waals surface area (Å²) in [6, 6.07) is 16.0. The molecular formula is C22H32N3O2+. The highest BCUT2D eigenvalue weighted by Crippen LogP contribution is 2.25. The highest BCUT2D eigenvalue weighted by atomic mass is 16.5. The van der Waals surface area contributed by atoms with Gasteiger partial charge >= 0.3 is 0 Å². The van der Waals surface area contributed by atoms with Crippen LogP contribution in [0.2, 0.25) is 0 Å². The van der Waals surface area contributed by atoms with E-state index in [4.69, 9.17) is 4.74 Å². The van der Waals surface area contributed by atoms with Crippen LogP contribution < -0.4 is 10.1 Å². The maximum absolute atomic E-state index is 10.3. The van der Waals surface area contributed by atoms with E-state index in [1.165, 1.54) is 5.56 Å². The van der Waals surface area contributed by atoms with Gasteiger partial charge in [-0.25, -0.2) is 0 Å². The minimum atomic E-state index is 0.365. The fourth-order valence-corrected chi connectivity index (χ4v) is 3.62. The molecule has 0 radical (unpaired) electrons. The molecule has 0 aliphatic carbocycles. The van der Waals surface area contributed by atoms with Crippen molar-refractivity contribution in [3.8, 4) is 11.5 Å². The van der Waals surface area contributed by atoms with Gasteiger partial charge in [-0.15, -0.1) is 0 Å². The molecule has 2 N–H and O–H groups in total. The first-order chi connectivity index (χ1) is 13.1. The van der Waals surface area contributed by atoms with Crippen LogP contribution in [0.1, 0.15) is 18.1 Å². The van der Waals surface area contributed by atoms with E-state index in [0.717, 1.165) is 61.6 Å². The number of rotatable bonds is 3. The lowest BCUT2D eigenvalue weighted by Crippen LogP contribution is -2.53. The number of phenols is 1. The molecule has 5 heteroatoms. The molecule has 0 fully saturated rings. The number of nitrogens with one attached hydrogen (secondary N) is 1. The first kappa shape index (κ1) is 19.7. The molecule has 0 bridgehead atoms. The standard InChI is InChI=1S/C22H31N3O2/c1-3-25(17-20-9-4-6-10-21(20)26)15-13-23-12-14-24(2)16-19-8-5-7-11-22(19)27-18-25/h4-11,23H,3,12-18H2,1-2H3/p+1. The van der Waals surface area contributed by atoms with Crippen LogP contribution in [0, 0.1) is 0 Å². The average molecular weight is 371 g/mol. The first-order valence-corrected chi connectivity index (χ1v) is 9.84. The summed E-state index contributed by atoms with van der Waals surface area (Å²) in [5.41, 5.74) is 2.19. The van der Waals surface area contributed by atoms with Gasteiger partial charge in [0.15, 0.2) is 0 Å². The van der Waals surface area contributed by atoms with E-state index in [9.17, 15) is 5.11 Å². The number of hydrogen-bond acceptors (Lipinski definition) is 4. The van der Waals surface area contributed by atoms with Crippen LogP contribution in [0.4, 0.5) is 0 Å². The quantitative estimate of drug-likeness (QED) is 0.816. The monoisotopic (exact) mass is 370 g/mol. The molecule has 146 valence electrons. The minimum Gasteiger partial charge on any atom is -0.507 e. The third-order valence-electron chi connectivity index (χ3n) is 5.51. The van der Waals surface area contributed by atoms with Gasteiger partial charge in [0.25, 0.3) is 0 Å². The predicted molar refractivity (Wildman–Crippen MR) is 109 cm³/mol. The minimum absolute atomic E-state index is 0.365. The Bertz CT molecular complexity index is 737. The van der Waals surface area contributed by atoms with Gasteiger partial charge in [-0.3, -0.25) is 4.48 Å². The first-order valence-electron chi connectivity index (χ1n) is 9.84. The van der Waals surface area contributed by atoms with Crippen LogP contribution in [0.5, 0.6) is 11.5 Å². The van der Waals surface area contributed by atoms with Crippen molar-refractivity contribution in [3.05, 3.63) is 59.7 Å². The van der Waals surface area contributed by atoms with Crippen molar-refractivity contribution in [1.29, 1.82) is 0 Å². The number of phenolic OH excluding ortho intramolecular Hbond substituents is 1. The van der Waals surface area contributed by atoms with Crippen molar-refractivity contribution in [2.45, 2.75) is 20.0 Å². The van der Waals surface area contributed by atoms with E-state index in [2.05, 4.69) is 42.4 Å². The Morgan fingerprint density at radius 1 is 1.11 bits per heavy atom. The van der Waals surface area contributed by atoms with Crippen LogP contribution in [0.15, 0.2) is 48.5 Å². The summed E-state index contributed by atoms with van der Waals surface area (Å²) in [4.78, 5) is 2.32. The van der Waals surface area contributed by atoms with E-state index >= 15 is 0 Å². The maximum atomic E-state index is 10.3. The topological polar surface area (TPSA) is 44.7 Å². The lowest BCUT2D eigenvalue weighted by molar-refractivity contribution is -0.952. The molecule has 0 spiro atoms. The second-order valence-electron chi connectivity index (χ2n) is 7.54. The van der Waals surface area contributed by atoms with Gasteiger partial charge < -0.3 is 20.1 Å². The summed E-state index contributed by atoms with van der Waals surface area (Å²) in [7, 11) is 2.15. The Morgan fingerprint density at radius 3 is 2.70 bits per heavy atom. The maximum Gasteiger partial charge on any atom is 0.224 e. The van der Waals surface area contributed by atoms with Crippen LogP contribution in [-0.4, -0.2) is 61.0 Å². The Morgan fingerprint density at radius 2 is 1.89 bits per heavy atom. The average Bonchev–Trinajstić information content (AvgIpc) is 2.67. The van der Waals surface area contributed by atoms with Gasteiger partial charge in [0, 0.05) is 37.3 Å². The summed E-state index contributed by atoms with van der Waals surface area (Å²) in [6.45, 7) is 9.23. The van der Waals surface area contributed by atoms with Crippen LogP contribution in [0.3, 0.4) is 0 Å². The zero-order valence-corrected chi connectivity index (χ0v) is 16.5. The predicted octanol–water partition coefficient (Wildman–Crippen LogP) is 2.80. The number of likely N-dealkylation sites (N-methyl/N-ethyl adjacent to an activating group) is 2. The van der Waals surface area contributed by atoms with Crippen molar-refractivity contribution < 1.29 is 14.3 Å². The largest absolute Gasteiger partial charge is 0.507 e. The van der Waals surface area contributed by atoms with Crippen molar-refractivity contribution in [3.63, 3.8) is 0 Å². The zero-order chi connectivity index (χ0) is 19.1.